The van der Waals surface area contributed by atoms with Gasteiger partial charge in [0.05, 0.1) is 25.0 Å². The van der Waals surface area contributed by atoms with Crippen LogP contribution in [0.2, 0.25) is 0 Å². The number of alkyl halides is 1. The third-order valence-electron chi connectivity index (χ3n) is 3.57. The van der Waals surface area contributed by atoms with E-state index in [1.54, 1.807) is 18.3 Å². The first kappa shape index (κ1) is 21.4. The fourth-order valence-electron chi connectivity index (χ4n) is 2.22. The Labute approximate surface area is 163 Å². The quantitative estimate of drug-likeness (QED) is 0.641. The van der Waals surface area contributed by atoms with Crippen molar-refractivity contribution in [2.24, 2.45) is 5.10 Å². The average molecular weight is 402 g/mol. The van der Waals surface area contributed by atoms with Gasteiger partial charge in [-0.25, -0.2) is 9.37 Å². The van der Waals surface area contributed by atoms with Gasteiger partial charge in [0, 0.05) is 17.8 Å². The van der Waals surface area contributed by atoms with Crippen LogP contribution in [0.3, 0.4) is 0 Å². The minimum atomic E-state index is -1.06. The molecule has 2 heterocycles. The summed E-state index contributed by atoms with van der Waals surface area (Å²) in [5.74, 6) is 0.755. The fraction of sp³-hybridized carbons (Fsp3) is 0.556. The van der Waals surface area contributed by atoms with Crippen LogP contribution in [-0.4, -0.2) is 59.6 Å². The summed E-state index contributed by atoms with van der Waals surface area (Å²) >= 11 is 6.22. The number of ether oxygens (including phenoxy) is 3. The van der Waals surface area contributed by atoms with Crippen molar-refractivity contribution in [3.05, 3.63) is 34.7 Å². The summed E-state index contributed by atoms with van der Waals surface area (Å²) in [7, 11) is 0. The number of allylic oxidation sites excluding steroid dienone is 1. The summed E-state index contributed by atoms with van der Waals surface area (Å²) in [5, 5.41) is 16.2. The van der Waals surface area contributed by atoms with Crippen molar-refractivity contribution in [2.75, 3.05) is 26.5 Å². The molecule has 0 bridgehead atoms. The van der Waals surface area contributed by atoms with Crippen LogP contribution in [0.4, 0.5) is 4.39 Å². The highest BCUT2D eigenvalue weighted by Crippen LogP contribution is 2.28. The second kappa shape index (κ2) is 9.87. The van der Waals surface area contributed by atoms with Crippen LogP contribution >= 0.6 is 11.6 Å². The number of aliphatic hydroxyl groups is 1. The van der Waals surface area contributed by atoms with Crippen LogP contribution in [0.25, 0.3) is 0 Å². The smallest absolute Gasteiger partial charge is 0.213 e. The Morgan fingerprint density at radius 2 is 2.00 bits per heavy atom. The van der Waals surface area contributed by atoms with Crippen LogP contribution in [-0.2, 0) is 16.1 Å². The van der Waals surface area contributed by atoms with Crippen LogP contribution in [0.15, 0.2) is 34.2 Å². The molecule has 1 atom stereocenters. The predicted molar refractivity (Wildman–Crippen MR) is 100 cm³/mol. The molecule has 7 nitrogen and oxygen atoms in total. The maximum absolute atomic E-state index is 11.9. The third kappa shape index (κ3) is 6.34. The van der Waals surface area contributed by atoms with Gasteiger partial charge in [-0.15, -0.1) is 0 Å². The standard InChI is InChI=1S/C18H25ClFN3O4/c1-18(2,3)23-17(24)16(19)14(11-22-23)27-12-13-4-5-15(21-10-13)26-9-8-25-7-6-20/h4-5,10-11,17,24H,6-9,12H2,1-3H3. The number of halogens is 2. The first-order valence-corrected chi connectivity index (χ1v) is 8.96. The van der Waals surface area contributed by atoms with E-state index in [1.807, 2.05) is 20.8 Å². The minimum Gasteiger partial charge on any atom is -0.486 e. The lowest BCUT2D eigenvalue weighted by molar-refractivity contribution is -0.0264. The Kier molecular flexibility index (Phi) is 7.82. The molecule has 1 aliphatic heterocycles. The van der Waals surface area contributed by atoms with Gasteiger partial charge < -0.3 is 19.3 Å². The van der Waals surface area contributed by atoms with Gasteiger partial charge in [-0.2, -0.15) is 5.10 Å². The van der Waals surface area contributed by atoms with Crippen molar-refractivity contribution >= 4 is 17.8 Å². The SMILES string of the molecule is CC(C)(C)N1N=CC(OCc2ccc(OCCOCCF)nc2)=C(Cl)C1O. The average Bonchev–Trinajstić information content (AvgIpc) is 2.63. The highest BCUT2D eigenvalue weighted by molar-refractivity contribution is 6.31. The first-order chi connectivity index (χ1) is 12.8. The zero-order valence-corrected chi connectivity index (χ0v) is 16.4. The van der Waals surface area contributed by atoms with Crippen LogP contribution < -0.4 is 4.74 Å². The highest BCUT2D eigenvalue weighted by Gasteiger charge is 2.32. The molecule has 0 fully saturated rings. The van der Waals surface area contributed by atoms with E-state index >= 15 is 0 Å². The normalized spacial score (nSPS) is 17.4. The van der Waals surface area contributed by atoms with Crippen molar-refractivity contribution < 1.29 is 23.7 Å². The van der Waals surface area contributed by atoms with Gasteiger partial charge in [0.1, 0.15) is 24.9 Å². The van der Waals surface area contributed by atoms with E-state index in [9.17, 15) is 9.50 Å². The number of hydrazone groups is 1. The van der Waals surface area contributed by atoms with E-state index in [0.717, 1.165) is 5.56 Å². The number of aromatic nitrogens is 1. The van der Waals surface area contributed by atoms with E-state index in [2.05, 4.69) is 10.1 Å². The Hall–Kier alpha value is -1.90. The van der Waals surface area contributed by atoms with Crippen molar-refractivity contribution in [1.82, 2.24) is 9.99 Å². The molecule has 0 saturated heterocycles. The summed E-state index contributed by atoms with van der Waals surface area (Å²) in [5.41, 5.74) is 0.423. The predicted octanol–water partition coefficient (Wildman–Crippen LogP) is 2.83. The molecular weight excluding hydrogens is 377 g/mol. The van der Waals surface area contributed by atoms with Crippen LogP contribution in [0, 0.1) is 0 Å². The molecule has 0 spiro atoms. The molecule has 0 radical (unpaired) electrons. The summed E-state index contributed by atoms with van der Waals surface area (Å²) in [4.78, 5) is 4.17. The Balaban J connectivity index is 1.84. The maximum Gasteiger partial charge on any atom is 0.213 e. The van der Waals surface area contributed by atoms with Crippen molar-refractivity contribution in [1.29, 1.82) is 0 Å². The summed E-state index contributed by atoms with van der Waals surface area (Å²) in [6.07, 6.45) is 2.05. The lowest BCUT2D eigenvalue weighted by atomic mass is 10.1. The molecule has 1 aliphatic rings. The van der Waals surface area contributed by atoms with E-state index < -0.39 is 12.9 Å². The van der Waals surface area contributed by atoms with E-state index in [4.69, 9.17) is 25.8 Å². The zero-order valence-electron chi connectivity index (χ0n) is 15.7. The van der Waals surface area contributed by atoms with E-state index in [1.165, 1.54) is 11.2 Å². The van der Waals surface area contributed by atoms with Gasteiger partial charge >= 0.3 is 0 Å². The molecule has 1 N–H and O–H groups in total. The summed E-state index contributed by atoms with van der Waals surface area (Å²) < 4.78 is 27.9. The van der Waals surface area contributed by atoms with Crippen LogP contribution in [0.1, 0.15) is 26.3 Å². The Morgan fingerprint density at radius 1 is 1.22 bits per heavy atom. The molecule has 1 aromatic heterocycles. The minimum absolute atomic E-state index is 0.0665. The van der Waals surface area contributed by atoms with Gasteiger partial charge in [0.15, 0.2) is 12.0 Å². The second-order valence-electron chi connectivity index (χ2n) is 6.79. The van der Waals surface area contributed by atoms with Crippen molar-refractivity contribution in [2.45, 2.75) is 39.1 Å². The number of nitrogens with zero attached hydrogens (tertiary/aromatic N) is 3. The van der Waals surface area contributed by atoms with Gasteiger partial charge in [-0.1, -0.05) is 11.6 Å². The number of hydrogen-bond acceptors (Lipinski definition) is 7. The third-order valence-corrected chi connectivity index (χ3v) is 3.95. The molecule has 0 amide bonds. The molecule has 0 aromatic carbocycles. The first-order valence-electron chi connectivity index (χ1n) is 8.58. The summed E-state index contributed by atoms with van der Waals surface area (Å²) in [6, 6.07) is 3.51. The Morgan fingerprint density at radius 3 is 2.63 bits per heavy atom. The lowest BCUT2D eigenvalue weighted by Gasteiger charge is -2.38. The van der Waals surface area contributed by atoms with E-state index in [-0.39, 0.29) is 23.8 Å². The number of pyridine rings is 1. The fourth-order valence-corrected chi connectivity index (χ4v) is 2.42. The molecule has 9 heteroatoms. The van der Waals surface area contributed by atoms with Crippen molar-refractivity contribution in [3.63, 3.8) is 0 Å². The molecule has 2 rings (SSSR count). The lowest BCUT2D eigenvalue weighted by Crippen LogP contribution is -2.46. The maximum atomic E-state index is 11.9. The second-order valence-corrected chi connectivity index (χ2v) is 7.20. The number of aliphatic hydroxyl groups excluding tert-OH is 1. The molecule has 0 aliphatic carbocycles. The summed E-state index contributed by atoms with van der Waals surface area (Å²) in [6.45, 7) is 6.14. The van der Waals surface area contributed by atoms with Gasteiger partial charge in [0.25, 0.3) is 0 Å². The Bertz CT molecular complexity index is 662. The largest absolute Gasteiger partial charge is 0.486 e. The van der Waals surface area contributed by atoms with Crippen molar-refractivity contribution in [3.8, 4) is 5.88 Å². The van der Waals surface area contributed by atoms with Gasteiger partial charge in [-0.05, 0) is 26.8 Å². The number of hydrogen-bond donors (Lipinski definition) is 1. The van der Waals surface area contributed by atoms with Gasteiger partial charge in [0.2, 0.25) is 5.88 Å². The number of rotatable bonds is 9. The molecule has 1 aromatic rings. The zero-order chi connectivity index (χ0) is 19.9. The molecule has 1 unspecified atom stereocenters. The van der Waals surface area contributed by atoms with Gasteiger partial charge in [-0.3, -0.25) is 5.01 Å². The molecular formula is C18H25ClFN3O4. The molecule has 0 saturated carbocycles. The topological polar surface area (TPSA) is 76.4 Å². The van der Waals surface area contributed by atoms with Crippen LogP contribution in [0.5, 0.6) is 5.88 Å². The highest BCUT2D eigenvalue weighted by atomic mass is 35.5. The molecule has 27 heavy (non-hydrogen) atoms. The molecule has 150 valence electrons. The van der Waals surface area contributed by atoms with E-state index in [0.29, 0.717) is 24.9 Å². The monoisotopic (exact) mass is 401 g/mol.